The van der Waals surface area contributed by atoms with Gasteiger partial charge in [-0.05, 0) is 37.6 Å². The molecular weight excluding hydrogens is 422 g/mol. The minimum Gasteiger partial charge on any atom is -0.495 e. The molecule has 0 aliphatic heterocycles. The number of anilines is 1. The summed E-state index contributed by atoms with van der Waals surface area (Å²) in [6.45, 7) is 2.28. The molecule has 154 valence electrons. The summed E-state index contributed by atoms with van der Waals surface area (Å²) in [5.41, 5.74) is 1.31. The Morgan fingerprint density at radius 3 is 2.83 bits per heavy atom. The van der Waals surface area contributed by atoms with Crippen LogP contribution >= 0.6 is 22.9 Å². The van der Waals surface area contributed by atoms with E-state index in [4.69, 9.17) is 16.3 Å². The van der Waals surface area contributed by atoms with Crippen LogP contribution in [0.15, 0.2) is 47.3 Å². The van der Waals surface area contributed by atoms with Crippen molar-refractivity contribution in [2.24, 2.45) is 0 Å². The number of amides is 1. The van der Waals surface area contributed by atoms with Crippen molar-refractivity contribution in [3.63, 3.8) is 0 Å². The Bertz CT molecular complexity index is 1310. The summed E-state index contributed by atoms with van der Waals surface area (Å²) in [5, 5.41) is 9.36. The van der Waals surface area contributed by atoms with Crippen molar-refractivity contribution in [3.05, 3.63) is 63.5 Å². The number of hydrogen-bond donors (Lipinski definition) is 1. The number of hydrogen-bond acceptors (Lipinski definition) is 5. The number of halogens is 1. The van der Waals surface area contributed by atoms with Crippen LogP contribution in [-0.2, 0) is 11.3 Å². The number of carbonyl (C=O) groups is 1. The number of methoxy groups -OCH3 is 1. The van der Waals surface area contributed by atoms with Gasteiger partial charge in [0.1, 0.15) is 5.75 Å². The van der Waals surface area contributed by atoms with Crippen LogP contribution in [0.4, 0.5) is 5.69 Å². The van der Waals surface area contributed by atoms with Crippen molar-refractivity contribution in [2.45, 2.75) is 26.3 Å². The number of rotatable bonds is 6. The van der Waals surface area contributed by atoms with Crippen LogP contribution in [0.3, 0.4) is 0 Å². The summed E-state index contributed by atoms with van der Waals surface area (Å²) in [5.74, 6) is 0.398. The van der Waals surface area contributed by atoms with E-state index in [1.54, 1.807) is 29.5 Å². The maximum Gasteiger partial charge on any atom is 0.276 e. The van der Waals surface area contributed by atoms with Gasteiger partial charge in [0.15, 0.2) is 0 Å². The molecule has 0 aliphatic rings. The van der Waals surface area contributed by atoms with E-state index in [1.165, 1.54) is 11.8 Å². The van der Waals surface area contributed by atoms with E-state index in [-0.39, 0.29) is 17.9 Å². The Kier molecular flexibility index (Phi) is 5.74. The van der Waals surface area contributed by atoms with Gasteiger partial charge in [0.25, 0.3) is 5.56 Å². The van der Waals surface area contributed by atoms with Crippen molar-refractivity contribution in [2.75, 3.05) is 12.4 Å². The summed E-state index contributed by atoms with van der Waals surface area (Å²) < 4.78 is 8.57. The van der Waals surface area contributed by atoms with Crippen LogP contribution in [0.5, 0.6) is 5.75 Å². The van der Waals surface area contributed by atoms with Crippen molar-refractivity contribution >= 4 is 54.7 Å². The quantitative estimate of drug-likeness (QED) is 0.457. The molecule has 2 aromatic carbocycles. The minimum absolute atomic E-state index is 0.115. The highest BCUT2D eigenvalue weighted by molar-refractivity contribution is 7.26. The van der Waals surface area contributed by atoms with E-state index < -0.39 is 0 Å². The molecule has 0 radical (unpaired) electrons. The second-order valence-corrected chi connectivity index (χ2v) is 8.38. The fourth-order valence-corrected chi connectivity index (χ4v) is 4.81. The molecule has 4 aromatic rings. The highest BCUT2D eigenvalue weighted by Gasteiger charge is 2.14. The first-order valence-corrected chi connectivity index (χ1v) is 10.7. The van der Waals surface area contributed by atoms with Crippen molar-refractivity contribution in [1.29, 1.82) is 0 Å². The molecule has 1 N–H and O–H groups in total. The molecule has 2 aromatic heterocycles. The zero-order chi connectivity index (χ0) is 21.3. The van der Waals surface area contributed by atoms with E-state index in [1.807, 2.05) is 31.2 Å². The van der Waals surface area contributed by atoms with E-state index in [0.717, 1.165) is 20.5 Å². The van der Waals surface area contributed by atoms with Gasteiger partial charge in [-0.3, -0.25) is 9.59 Å². The van der Waals surface area contributed by atoms with Crippen molar-refractivity contribution in [1.82, 2.24) is 9.78 Å². The van der Waals surface area contributed by atoms with E-state index in [0.29, 0.717) is 34.8 Å². The summed E-state index contributed by atoms with van der Waals surface area (Å²) >= 11 is 7.67. The van der Waals surface area contributed by atoms with Crippen molar-refractivity contribution in [3.8, 4) is 5.75 Å². The van der Waals surface area contributed by atoms with Gasteiger partial charge < -0.3 is 10.1 Å². The number of carbonyl (C=O) groups excluding carboxylic acids is 1. The number of nitrogens with one attached hydrogen (secondary N) is 1. The average molecular weight is 442 g/mol. The van der Waals surface area contributed by atoms with E-state index in [2.05, 4.69) is 10.4 Å². The van der Waals surface area contributed by atoms with Gasteiger partial charge >= 0.3 is 0 Å². The maximum absolute atomic E-state index is 13.0. The first-order chi connectivity index (χ1) is 14.5. The molecule has 6 nitrogen and oxygen atoms in total. The second kappa shape index (κ2) is 8.45. The van der Waals surface area contributed by atoms with Crippen LogP contribution < -0.4 is 15.6 Å². The first-order valence-electron chi connectivity index (χ1n) is 9.50. The molecule has 0 unspecified atom stereocenters. The Labute approximate surface area is 182 Å². The molecule has 2 heterocycles. The van der Waals surface area contributed by atoms with Crippen LogP contribution in [-0.4, -0.2) is 22.8 Å². The fourth-order valence-electron chi connectivity index (χ4n) is 3.42. The third-order valence-electron chi connectivity index (χ3n) is 4.85. The number of benzene rings is 2. The number of ether oxygens (including phenoxy) is 1. The van der Waals surface area contributed by atoms with E-state index >= 15 is 0 Å². The zero-order valence-corrected chi connectivity index (χ0v) is 18.1. The monoisotopic (exact) mass is 441 g/mol. The predicted molar refractivity (Wildman–Crippen MR) is 122 cm³/mol. The number of aryl methyl sites for hydroxylation is 2. The largest absolute Gasteiger partial charge is 0.495 e. The van der Waals surface area contributed by atoms with Crippen LogP contribution in [0.2, 0.25) is 5.02 Å². The van der Waals surface area contributed by atoms with Crippen molar-refractivity contribution < 1.29 is 9.53 Å². The molecule has 0 saturated heterocycles. The lowest BCUT2D eigenvalue weighted by molar-refractivity contribution is -0.116. The van der Waals surface area contributed by atoms with Gasteiger partial charge in [-0.1, -0.05) is 29.8 Å². The SMILES string of the molecule is COc1ccc(NC(=O)CCCn2nc(C)c3sc4ccccc4c3c2=O)cc1Cl. The fraction of sp³-hybridized carbons (Fsp3) is 0.227. The maximum atomic E-state index is 13.0. The summed E-state index contributed by atoms with van der Waals surface area (Å²) in [6, 6.07) is 12.9. The van der Waals surface area contributed by atoms with Gasteiger partial charge in [-0.25, -0.2) is 4.68 Å². The summed E-state index contributed by atoms with van der Waals surface area (Å²) in [6.07, 6.45) is 0.759. The van der Waals surface area contributed by atoms with Crippen LogP contribution in [0, 0.1) is 6.92 Å². The molecule has 1 amide bonds. The average Bonchev–Trinajstić information content (AvgIpc) is 3.12. The molecule has 4 rings (SSSR count). The Morgan fingerprint density at radius 2 is 2.07 bits per heavy atom. The molecule has 8 heteroatoms. The summed E-state index contributed by atoms with van der Waals surface area (Å²) in [7, 11) is 1.54. The van der Waals surface area contributed by atoms with Gasteiger partial charge in [0, 0.05) is 28.7 Å². The Morgan fingerprint density at radius 1 is 1.27 bits per heavy atom. The Hall–Kier alpha value is -2.90. The number of aromatic nitrogens is 2. The number of thiophene rings is 1. The first kappa shape index (κ1) is 20.4. The van der Waals surface area contributed by atoms with E-state index in [9.17, 15) is 9.59 Å². The van der Waals surface area contributed by atoms with Gasteiger partial charge in [-0.15, -0.1) is 11.3 Å². The minimum atomic E-state index is -0.150. The second-order valence-electron chi connectivity index (χ2n) is 6.92. The van der Waals surface area contributed by atoms with Gasteiger partial charge in [0.05, 0.1) is 27.9 Å². The molecular formula is C22H20ClN3O3S. The third kappa shape index (κ3) is 3.91. The molecule has 0 bridgehead atoms. The summed E-state index contributed by atoms with van der Waals surface area (Å²) in [4.78, 5) is 25.3. The smallest absolute Gasteiger partial charge is 0.276 e. The van der Waals surface area contributed by atoms with Crippen LogP contribution in [0.1, 0.15) is 18.5 Å². The molecule has 0 saturated carbocycles. The number of nitrogens with zero attached hydrogens (tertiary/aromatic N) is 2. The topological polar surface area (TPSA) is 73.2 Å². The molecule has 0 spiro atoms. The standard InChI is InChI=1S/C22H20ClN3O3S/c1-13-21-20(15-6-3-4-7-18(15)30-21)22(28)26(25-13)11-5-8-19(27)24-14-9-10-17(29-2)16(23)12-14/h3-4,6-7,9-10,12H,5,8,11H2,1-2H3,(H,24,27). The highest BCUT2D eigenvalue weighted by atomic mass is 35.5. The third-order valence-corrected chi connectivity index (χ3v) is 6.43. The predicted octanol–water partition coefficient (Wildman–Crippen LogP) is 5.00. The molecule has 0 atom stereocenters. The lowest BCUT2D eigenvalue weighted by Crippen LogP contribution is -2.24. The molecule has 30 heavy (non-hydrogen) atoms. The lowest BCUT2D eigenvalue weighted by atomic mass is 10.2. The zero-order valence-electron chi connectivity index (χ0n) is 16.6. The lowest BCUT2D eigenvalue weighted by Gasteiger charge is -2.09. The number of fused-ring (bicyclic) bond motifs is 3. The van der Waals surface area contributed by atoms with Gasteiger partial charge in [0.2, 0.25) is 5.91 Å². The Balaban J connectivity index is 1.47. The normalized spacial score (nSPS) is 11.2. The molecule has 0 aliphatic carbocycles. The molecule has 0 fully saturated rings. The van der Waals surface area contributed by atoms with Crippen LogP contribution in [0.25, 0.3) is 20.2 Å². The van der Waals surface area contributed by atoms with Gasteiger partial charge in [-0.2, -0.15) is 5.10 Å². The highest BCUT2D eigenvalue weighted by Crippen LogP contribution is 2.32.